The van der Waals surface area contributed by atoms with E-state index in [1.807, 2.05) is 13.2 Å². The number of aromatic nitrogens is 3. The number of nitrogens with zero attached hydrogens (tertiary/aromatic N) is 4. The molecule has 11 nitrogen and oxygen atoms in total. The number of aromatic hydroxyl groups is 1. The highest BCUT2D eigenvalue weighted by Gasteiger charge is 2.48. The Morgan fingerprint density at radius 1 is 1.07 bits per heavy atom. The highest BCUT2D eigenvalue weighted by atomic mass is 16.5. The second kappa shape index (κ2) is 9.84. The predicted molar refractivity (Wildman–Crippen MR) is 148 cm³/mol. The van der Waals surface area contributed by atoms with Crippen molar-refractivity contribution in [2.75, 3.05) is 13.7 Å². The summed E-state index contributed by atoms with van der Waals surface area (Å²) in [7, 11) is 3.34. The maximum Gasteiger partial charge on any atom is 0.323 e. The zero-order chi connectivity index (χ0) is 28.7. The topological polar surface area (TPSA) is 139 Å². The summed E-state index contributed by atoms with van der Waals surface area (Å²) in [5.74, 6) is 5.53. The molecule has 4 aromatic rings. The molecule has 2 aliphatic heterocycles. The molecule has 2 aromatic heterocycles. The van der Waals surface area contributed by atoms with Crippen LogP contribution >= 0.6 is 0 Å². The number of carbonyl (C=O) groups is 3. The number of rotatable bonds is 5. The van der Waals surface area contributed by atoms with Crippen molar-refractivity contribution in [3.05, 3.63) is 83.7 Å². The molecular formula is C30H24N6O5. The fraction of sp³-hybridized carbons (Fsp3) is 0.167. The molecule has 4 amide bonds. The number of methoxy groups -OCH3 is 1. The highest BCUT2D eigenvalue weighted by molar-refractivity contribution is 6.10. The summed E-state index contributed by atoms with van der Waals surface area (Å²) in [6.45, 7) is 0.137. The first-order valence-electron chi connectivity index (χ1n) is 12.7. The van der Waals surface area contributed by atoms with Gasteiger partial charge < -0.3 is 20.1 Å². The van der Waals surface area contributed by atoms with Crippen LogP contribution in [0.2, 0.25) is 0 Å². The van der Waals surface area contributed by atoms with Crippen LogP contribution in [0.15, 0.2) is 67.0 Å². The Hall–Kier alpha value is -5.63. The van der Waals surface area contributed by atoms with Crippen molar-refractivity contribution in [2.45, 2.75) is 12.1 Å². The summed E-state index contributed by atoms with van der Waals surface area (Å²) in [6, 6.07) is 14.8. The van der Waals surface area contributed by atoms with Gasteiger partial charge in [-0.25, -0.2) is 9.78 Å². The molecule has 0 spiro atoms. The van der Waals surface area contributed by atoms with Crippen LogP contribution in [-0.2, 0) is 18.4 Å². The number of nitrogens with one attached hydrogen (secondary N) is 2. The molecule has 204 valence electrons. The van der Waals surface area contributed by atoms with Crippen molar-refractivity contribution in [3.8, 4) is 45.9 Å². The van der Waals surface area contributed by atoms with E-state index in [1.165, 1.54) is 12.0 Å². The summed E-state index contributed by atoms with van der Waals surface area (Å²) in [5, 5.41) is 19.5. The lowest BCUT2D eigenvalue weighted by Gasteiger charge is -2.26. The largest absolute Gasteiger partial charge is 0.506 e. The van der Waals surface area contributed by atoms with Crippen LogP contribution in [0.5, 0.6) is 11.5 Å². The molecule has 11 heteroatoms. The molecule has 6 rings (SSSR count). The first-order valence-corrected chi connectivity index (χ1v) is 12.7. The van der Waals surface area contributed by atoms with E-state index < -0.39 is 17.5 Å². The number of aryl methyl sites for hydroxylation is 1. The molecule has 1 fully saturated rings. The molecule has 0 saturated carbocycles. The summed E-state index contributed by atoms with van der Waals surface area (Å²) in [5.41, 5.74) is 2.75. The van der Waals surface area contributed by atoms with Crippen LogP contribution in [0.3, 0.4) is 0 Å². The number of urea groups is 1. The van der Waals surface area contributed by atoms with Gasteiger partial charge in [0.25, 0.3) is 11.8 Å². The Balaban J connectivity index is 1.26. The zero-order valence-corrected chi connectivity index (χ0v) is 22.1. The first-order chi connectivity index (χ1) is 19.7. The number of imide groups is 1. The highest BCUT2D eigenvalue weighted by Crippen LogP contribution is 2.31. The van der Waals surface area contributed by atoms with Crippen molar-refractivity contribution in [2.24, 2.45) is 7.05 Å². The number of hydrogen-bond acceptors (Lipinski definition) is 7. The third-order valence-corrected chi connectivity index (χ3v) is 7.02. The minimum Gasteiger partial charge on any atom is -0.506 e. The first kappa shape index (κ1) is 25.6. The summed E-state index contributed by atoms with van der Waals surface area (Å²) >= 11 is 0. The molecule has 2 aromatic carbocycles. The van der Waals surface area contributed by atoms with Gasteiger partial charge in [-0.3, -0.25) is 19.6 Å². The molecule has 0 radical (unpaired) electrons. The van der Waals surface area contributed by atoms with Gasteiger partial charge in [0.1, 0.15) is 17.2 Å². The minimum absolute atomic E-state index is 0.0228. The Kier molecular flexibility index (Phi) is 6.15. The van der Waals surface area contributed by atoms with Gasteiger partial charge in [-0.05, 0) is 42.0 Å². The Labute approximate surface area is 234 Å². The maximum atomic E-state index is 13.1. The second-order valence-corrected chi connectivity index (χ2v) is 9.79. The van der Waals surface area contributed by atoms with Gasteiger partial charge in [-0.1, -0.05) is 30.0 Å². The quantitative estimate of drug-likeness (QED) is 0.257. The van der Waals surface area contributed by atoms with E-state index in [0.717, 1.165) is 11.1 Å². The Morgan fingerprint density at radius 3 is 2.56 bits per heavy atom. The van der Waals surface area contributed by atoms with E-state index >= 15 is 0 Å². The molecule has 0 bridgehead atoms. The van der Waals surface area contributed by atoms with Crippen LogP contribution in [0.4, 0.5) is 4.79 Å². The predicted octanol–water partition coefficient (Wildman–Crippen LogP) is 2.45. The molecular weight excluding hydrogens is 524 g/mol. The van der Waals surface area contributed by atoms with E-state index in [4.69, 9.17) is 4.74 Å². The average molecular weight is 549 g/mol. The van der Waals surface area contributed by atoms with Gasteiger partial charge in [-0.15, -0.1) is 0 Å². The number of hydrogen-bond donors (Lipinski definition) is 3. The number of carbonyl (C=O) groups excluding carboxylic acids is 3. The third-order valence-electron chi connectivity index (χ3n) is 7.02. The molecule has 1 atom stereocenters. The van der Waals surface area contributed by atoms with E-state index in [9.17, 15) is 19.5 Å². The molecule has 3 N–H and O–H groups in total. The summed E-state index contributed by atoms with van der Waals surface area (Å²) < 4.78 is 6.90. The lowest BCUT2D eigenvalue weighted by Crippen LogP contribution is -2.54. The normalized spacial score (nSPS) is 17.5. The van der Waals surface area contributed by atoms with Gasteiger partial charge in [0.15, 0.2) is 0 Å². The minimum atomic E-state index is -1.63. The number of amides is 4. The maximum absolute atomic E-state index is 13.1. The molecule has 41 heavy (non-hydrogen) atoms. The number of ether oxygens (including phenoxy) is 1. The van der Waals surface area contributed by atoms with Crippen molar-refractivity contribution >= 4 is 17.8 Å². The number of pyridine rings is 1. The smallest absolute Gasteiger partial charge is 0.323 e. The Morgan fingerprint density at radius 2 is 1.88 bits per heavy atom. The van der Waals surface area contributed by atoms with Crippen LogP contribution in [0, 0.1) is 11.8 Å². The molecule has 1 saturated heterocycles. The van der Waals surface area contributed by atoms with Gasteiger partial charge in [-0.2, -0.15) is 5.10 Å². The van der Waals surface area contributed by atoms with E-state index in [2.05, 4.69) is 32.6 Å². The van der Waals surface area contributed by atoms with Crippen LogP contribution in [-0.4, -0.2) is 61.8 Å². The van der Waals surface area contributed by atoms with Gasteiger partial charge in [0.05, 0.1) is 25.5 Å². The van der Waals surface area contributed by atoms with Gasteiger partial charge >= 0.3 is 6.03 Å². The fourth-order valence-electron chi connectivity index (χ4n) is 4.88. The van der Waals surface area contributed by atoms with Gasteiger partial charge in [0.2, 0.25) is 5.54 Å². The van der Waals surface area contributed by atoms with Crippen LogP contribution in [0.25, 0.3) is 22.5 Å². The fourth-order valence-corrected chi connectivity index (χ4v) is 4.88. The second-order valence-electron chi connectivity index (χ2n) is 9.79. The molecule has 2 aliphatic rings. The monoisotopic (exact) mass is 548 g/mol. The van der Waals surface area contributed by atoms with Crippen LogP contribution < -0.4 is 15.4 Å². The number of benzene rings is 2. The molecule has 0 unspecified atom stereocenters. The standard InChI is InChI=1S/C30H24N6O5/c1-35-15-21(14-31-35)24-9-10-25(37)26(32-24)19-5-3-18(4-6-19)11-12-30(28(39)33-29(40)34-30)17-36-16-20-7-8-22(41-2)13-23(20)27(36)38/h3-10,13-15,37H,16-17H2,1-2H3,(H2,33,34,39,40)/t30-/m1/s1. The summed E-state index contributed by atoms with van der Waals surface area (Å²) in [6.07, 6.45) is 3.53. The summed E-state index contributed by atoms with van der Waals surface area (Å²) in [4.78, 5) is 44.3. The zero-order valence-electron chi connectivity index (χ0n) is 22.1. The van der Waals surface area contributed by atoms with E-state index in [0.29, 0.717) is 33.8 Å². The lowest BCUT2D eigenvalue weighted by atomic mass is 9.98. The van der Waals surface area contributed by atoms with Crippen LogP contribution in [0.1, 0.15) is 21.5 Å². The third kappa shape index (κ3) is 4.72. The lowest BCUT2D eigenvalue weighted by molar-refractivity contribution is -0.122. The Bertz CT molecular complexity index is 1790. The SMILES string of the molecule is COc1ccc2c(c1)C(=O)N(C[C@@]1(C#Cc3ccc(-c4nc(-c5cnn(C)c5)ccc4O)cc3)NC(=O)NC1=O)C2. The van der Waals surface area contributed by atoms with Crippen molar-refractivity contribution < 1.29 is 24.2 Å². The number of fused-ring (bicyclic) bond motifs is 1. The van der Waals surface area contributed by atoms with E-state index in [1.54, 1.807) is 65.5 Å². The van der Waals surface area contributed by atoms with Crippen molar-refractivity contribution in [3.63, 3.8) is 0 Å². The van der Waals surface area contributed by atoms with Crippen molar-refractivity contribution in [1.29, 1.82) is 0 Å². The van der Waals surface area contributed by atoms with E-state index in [-0.39, 0.29) is 24.7 Å². The van der Waals surface area contributed by atoms with Gasteiger partial charge in [0, 0.05) is 42.0 Å². The molecule has 4 heterocycles. The molecule has 0 aliphatic carbocycles. The average Bonchev–Trinajstić information content (AvgIpc) is 3.62. The van der Waals surface area contributed by atoms with Crippen molar-refractivity contribution in [1.82, 2.24) is 30.3 Å².